The zero-order chi connectivity index (χ0) is 12.2. The van der Waals surface area contributed by atoms with Crippen molar-refractivity contribution in [3.05, 3.63) is 29.8 Å². The summed E-state index contributed by atoms with van der Waals surface area (Å²) in [5.74, 6) is -0.593. The zero-order valence-electron chi connectivity index (χ0n) is 8.68. The predicted octanol–water partition coefficient (Wildman–Crippen LogP) is 2.82. The lowest BCUT2D eigenvalue weighted by molar-refractivity contribution is -0.136. The highest BCUT2D eigenvalue weighted by molar-refractivity contribution is 5.11. The first-order valence-electron chi connectivity index (χ1n) is 4.78. The normalized spacial score (nSPS) is 13.8. The van der Waals surface area contributed by atoms with Crippen molar-refractivity contribution in [3.8, 4) is 0 Å². The summed E-state index contributed by atoms with van der Waals surface area (Å²) in [7, 11) is 1.48. The largest absolute Gasteiger partial charge is 0.389 e. The van der Waals surface area contributed by atoms with Gasteiger partial charge in [0.05, 0.1) is 11.7 Å². The van der Waals surface area contributed by atoms with E-state index in [0.717, 1.165) is 0 Å². The molecule has 90 valence electrons. The van der Waals surface area contributed by atoms with E-state index in [2.05, 4.69) is 10.3 Å². The van der Waals surface area contributed by atoms with Gasteiger partial charge in [-0.05, 0) is 25.6 Å². The molecule has 16 heavy (non-hydrogen) atoms. The number of rotatable bonds is 4. The maximum atomic E-state index is 13.3. The van der Waals surface area contributed by atoms with Crippen molar-refractivity contribution in [3.63, 3.8) is 0 Å². The van der Waals surface area contributed by atoms with Crippen LogP contribution in [0.4, 0.5) is 17.6 Å². The highest BCUT2D eigenvalue weighted by Gasteiger charge is 2.29. The second-order valence-corrected chi connectivity index (χ2v) is 3.37. The molecule has 0 radical (unpaired) electrons. The minimum atomic E-state index is -4.24. The van der Waals surface area contributed by atoms with Crippen LogP contribution in [0.5, 0.6) is 0 Å². The van der Waals surface area contributed by atoms with Crippen LogP contribution in [-0.4, -0.2) is 18.2 Å². The van der Waals surface area contributed by atoms with Gasteiger partial charge in [0, 0.05) is 12.6 Å². The molecule has 0 fully saturated rings. The SMILES string of the molecule is CNC(CCC(F)(F)F)c1ncccc1F. The fraction of sp³-hybridized carbons (Fsp3) is 0.500. The number of hydrogen-bond acceptors (Lipinski definition) is 2. The van der Waals surface area contributed by atoms with E-state index in [9.17, 15) is 17.6 Å². The minimum absolute atomic E-state index is 0.0225. The first-order chi connectivity index (χ1) is 7.44. The van der Waals surface area contributed by atoms with Crippen molar-refractivity contribution in [2.75, 3.05) is 7.05 Å². The second kappa shape index (κ2) is 5.25. The standard InChI is InChI=1S/C10H12F4N2/c1-15-8(4-5-10(12,13)14)9-7(11)3-2-6-16-9/h2-3,6,8,15H,4-5H2,1H3. The molecule has 0 aliphatic heterocycles. The molecular weight excluding hydrogens is 224 g/mol. The van der Waals surface area contributed by atoms with Crippen LogP contribution in [0, 0.1) is 5.82 Å². The smallest absolute Gasteiger partial charge is 0.312 e. The maximum absolute atomic E-state index is 13.3. The van der Waals surface area contributed by atoms with Crippen LogP contribution in [0.1, 0.15) is 24.6 Å². The minimum Gasteiger partial charge on any atom is -0.312 e. The van der Waals surface area contributed by atoms with E-state index in [1.807, 2.05) is 0 Å². The third-order valence-electron chi connectivity index (χ3n) is 2.18. The average molecular weight is 236 g/mol. The number of pyridine rings is 1. The number of halogens is 4. The number of aromatic nitrogens is 1. The Morgan fingerprint density at radius 1 is 1.44 bits per heavy atom. The Hall–Kier alpha value is -1.17. The van der Waals surface area contributed by atoms with Gasteiger partial charge in [0.1, 0.15) is 5.82 Å². The third-order valence-corrected chi connectivity index (χ3v) is 2.18. The van der Waals surface area contributed by atoms with Crippen LogP contribution in [-0.2, 0) is 0 Å². The lowest BCUT2D eigenvalue weighted by atomic mass is 10.1. The van der Waals surface area contributed by atoms with Gasteiger partial charge in [0.15, 0.2) is 0 Å². The molecule has 0 bridgehead atoms. The number of alkyl halides is 3. The molecule has 1 aromatic heterocycles. The summed E-state index contributed by atoms with van der Waals surface area (Å²) in [5.41, 5.74) is 0.0225. The van der Waals surface area contributed by atoms with Crippen LogP contribution >= 0.6 is 0 Å². The summed E-state index contributed by atoms with van der Waals surface area (Å²) < 4.78 is 49.3. The quantitative estimate of drug-likeness (QED) is 0.813. The summed E-state index contributed by atoms with van der Waals surface area (Å²) >= 11 is 0. The van der Waals surface area contributed by atoms with E-state index in [1.165, 1.54) is 25.4 Å². The summed E-state index contributed by atoms with van der Waals surface area (Å²) in [6, 6.07) is 1.86. The molecule has 0 saturated heterocycles. The second-order valence-electron chi connectivity index (χ2n) is 3.37. The van der Waals surface area contributed by atoms with Crippen LogP contribution in [0.25, 0.3) is 0 Å². The van der Waals surface area contributed by atoms with Crippen LogP contribution in [0.3, 0.4) is 0 Å². The first-order valence-corrected chi connectivity index (χ1v) is 4.78. The van der Waals surface area contributed by atoms with Crippen molar-refractivity contribution in [2.45, 2.75) is 25.1 Å². The molecule has 0 aliphatic carbocycles. The van der Waals surface area contributed by atoms with Gasteiger partial charge in [-0.15, -0.1) is 0 Å². The fourth-order valence-electron chi connectivity index (χ4n) is 1.38. The zero-order valence-corrected chi connectivity index (χ0v) is 8.68. The Morgan fingerprint density at radius 2 is 2.12 bits per heavy atom. The number of nitrogens with zero attached hydrogens (tertiary/aromatic N) is 1. The molecule has 0 aliphatic rings. The van der Waals surface area contributed by atoms with Crippen molar-refractivity contribution >= 4 is 0 Å². The van der Waals surface area contributed by atoms with Gasteiger partial charge in [-0.25, -0.2) is 4.39 Å². The van der Waals surface area contributed by atoms with Gasteiger partial charge in [-0.1, -0.05) is 0 Å². The average Bonchev–Trinajstić information content (AvgIpc) is 2.20. The van der Waals surface area contributed by atoms with Gasteiger partial charge >= 0.3 is 6.18 Å². The molecule has 0 spiro atoms. The number of nitrogens with one attached hydrogen (secondary N) is 1. The molecular formula is C10H12F4N2. The Bertz CT molecular complexity index is 338. The topological polar surface area (TPSA) is 24.9 Å². The van der Waals surface area contributed by atoms with Gasteiger partial charge in [-0.3, -0.25) is 4.98 Å². The molecule has 1 heterocycles. The van der Waals surface area contributed by atoms with Gasteiger partial charge in [0.2, 0.25) is 0 Å². The van der Waals surface area contributed by atoms with E-state index < -0.39 is 24.5 Å². The summed E-state index contributed by atoms with van der Waals surface area (Å²) in [6.07, 6.45) is -4.07. The van der Waals surface area contributed by atoms with E-state index in [0.29, 0.717) is 0 Å². The van der Waals surface area contributed by atoms with Crippen molar-refractivity contribution < 1.29 is 17.6 Å². The molecule has 1 atom stereocenters. The Balaban J connectivity index is 2.72. The molecule has 0 saturated carbocycles. The molecule has 1 N–H and O–H groups in total. The Labute approximate surface area is 90.7 Å². The van der Waals surface area contributed by atoms with Crippen molar-refractivity contribution in [1.29, 1.82) is 0 Å². The monoisotopic (exact) mass is 236 g/mol. The van der Waals surface area contributed by atoms with E-state index in [4.69, 9.17) is 0 Å². The van der Waals surface area contributed by atoms with Crippen molar-refractivity contribution in [1.82, 2.24) is 10.3 Å². The molecule has 0 aromatic carbocycles. The van der Waals surface area contributed by atoms with E-state index in [-0.39, 0.29) is 12.1 Å². The molecule has 0 amide bonds. The van der Waals surface area contributed by atoms with Gasteiger partial charge in [-0.2, -0.15) is 13.2 Å². The lowest BCUT2D eigenvalue weighted by Gasteiger charge is -2.16. The number of hydrogen-bond donors (Lipinski definition) is 1. The van der Waals surface area contributed by atoms with Crippen LogP contribution in [0.15, 0.2) is 18.3 Å². The van der Waals surface area contributed by atoms with Crippen LogP contribution in [0.2, 0.25) is 0 Å². The highest BCUT2D eigenvalue weighted by atomic mass is 19.4. The Morgan fingerprint density at radius 3 is 2.62 bits per heavy atom. The summed E-state index contributed by atoms with van der Waals surface area (Å²) in [5, 5.41) is 2.63. The van der Waals surface area contributed by atoms with Crippen LogP contribution < -0.4 is 5.32 Å². The third kappa shape index (κ3) is 3.77. The van der Waals surface area contributed by atoms with E-state index >= 15 is 0 Å². The Kier molecular flexibility index (Phi) is 4.23. The van der Waals surface area contributed by atoms with Gasteiger partial charge < -0.3 is 5.32 Å². The lowest BCUT2D eigenvalue weighted by Crippen LogP contribution is -2.21. The molecule has 6 heteroatoms. The molecule has 1 unspecified atom stereocenters. The van der Waals surface area contributed by atoms with Crippen molar-refractivity contribution in [2.24, 2.45) is 0 Å². The summed E-state index contributed by atoms with van der Waals surface area (Å²) in [4.78, 5) is 3.75. The highest BCUT2D eigenvalue weighted by Crippen LogP contribution is 2.27. The van der Waals surface area contributed by atoms with E-state index in [1.54, 1.807) is 0 Å². The van der Waals surface area contributed by atoms with Gasteiger partial charge in [0.25, 0.3) is 0 Å². The molecule has 1 rings (SSSR count). The predicted molar refractivity (Wildman–Crippen MR) is 51.3 cm³/mol. The fourth-order valence-corrected chi connectivity index (χ4v) is 1.38. The molecule has 2 nitrogen and oxygen atoms in total. The maximum Gasteiger partial charge on any atom is 0.389 e. The molecule has 1 aromatic rings. The first kappa shape index (κ1) is 12.9. The summed E-state index contributed by atoms with van der Waals surface area (Å²) in [6.45, 7) is 0.